The zero-order chi connectivity index (χ0) is 18.6. The lowest BCUT2D eigenvalue weighted by Crippen LogP contribution is -2.51. The molecular formula is C22H21N3O2. The Morgan fingerprint density at radius 1 is 0.815 bits per heavy atom. The van der Waals surface area contributed by atoms with E-state index in [4.69, 9.17) is 0 Å². The van der Waals surface area contributed by atoms with Crippen LogP contribution in [0.2, 0.25) is 0 Å². The van der Waals surface area contributed by atoms with Crippen molar-refractivity contribution < 1.29 is 9.59 Å². The van der Waals surface area contributed by atoms with Gasteiger partial charge in [0, 0.05) is 43.3 Å². The van der Waals surface area contributed by atoms with Crippen molar-refractivity contribution in [2.24, 2.45) is 0 Å². The zero-order valence-corrected chi connectivity index (χ0v) is 15.0. The number of benzene rings is 2. The minimum absolute atomic E-state index is 0.0287. The Hall–Kier alpha value is -3.21. The molecule has 1 aliphatic heterocycles. The Kier molecular flexibility index (Phi) is 4.83. The molecular weight excluding hydrogens is 338 g/mol. The highest BCUT2D eigenvalue weighted by Crippen LogP contribution is 2.18. The summed E-state index contributed by atoms with van der Waals surface area (Å²) in [7, 11) is 0. The third-order valence-corrected chi connectivity index (χ3v) is 5.00. The van der Waals surface area contributed by atoms with E-state index < -0.39 is 0 Å². The second-order valence-corrected chi connectivity index (χ2v) is 6.71. The number of piperazine rings is 1. The molecule has 27 heavy (non-hydrogen) atoms. The first-order chi connectivity index (χ1) is 13.2. The minimum Gasteiger partial charge on any atom is -0.339 e. The van der Waals surface area contributed by atoms with Gasteiger partial charge in [0.2, 0.25) is 5.91 Å². The quantitative estimate of drug-likeness (QED) is 0.723. The monoisotopic (exact) mass is 359 g/mol. The third kappa shape index (κ3) is 3.67. The molecule has 0 radical (unpaired) electrons. The smallest absolute Gasteiger partial charge is 0.253 e. The number of carbonyl (C=O) groups is 2. The van der Waals surface area contributed by atoms with Gasteiger partial charge >= 0.3 is 0 Å². The summed E-state index contributed by atoms with van der Waals surface area (Å²) in [5.74, 6) is 0.112. The summed E-state index contributed by atoms with van der Waals surface area (Å²) < 4.78 is 0. The molecule has 3 aromatic rings. The van der Waals surface area contributed by atoms with E-state index in [9.17, 15) is 9.59 Å². The number of pyridine rings is 1. The fraction of sp³-hybridized carbons (Fsp3) is 0.227. The Labute approximate surface area is 158 Å². The lowest BCUT2D eigenvalue weighted by atomic mass is 10.1. The van der Waals surface area contributed by atoms with Gasteiger partial charge in [-0.25, -0.2) is 0 Å². The molecule has 0 aliphatic carbocycles. The van der Waals surface area contributed by atoms with Crippen LogP contribution in [0.15, 0.2) is 66.9 Å². The highest BCUT2D eigenvalue weighted by atomic mass is 16.2. The van der Waals surface area contributed by atoms with Crippen molar-refractivity contribution in [3.8, 4) is 0 Å². The van der Waals surface area contributed by atoms with Crippen molar-refractivity contribution in [3.63, 3.8) is 0 Å². The lowest BCUT2D eigenvalue weighted by Gasteiger charge is -2.35. The fourth-order valence-electron chi connectivity index (χ4n) is 3.51. The molecule has 0 N–H and O–H groups in total. The molecule has 2 aromatic carbocycles. The summed E-state index contributed by atoms with van der Waals surface area (Å²) >= 11 is 0. The predicted molar refractivity (Wildman–Crippen MR) is 104 cm³/mol. The van der Waals surface area contributed by atoms with Gasteiger partial charge in [-0.3, -0.25) is 14.6 Å². The Morgan fingerprint density at radius 3 is 2.30 bits per heavy atom. The van der Waals surface area contributed by atoms with Gasteiger partial charge in [0.05, 0.1) is 11.9 Å². The first kappa shape index (κ1) is 17.2. The number of fused-ring (bicyclic) bond motifs is 1. The van der Waals surface area contributed by atoms with Crippen molar-refractivity contribution in [2.75, 3.05) is 26.2 Å². The van der Waals surface area contributed by atoms with Crippen LogP contribution in [-0.2, 0) is 11.2 Å². The minimum atomic E-state index is 0.0287. The van der Waals surface area contributed by atoms with Gasteiger partial charge in [-0.2, -0.15) is 0 Å². The average Bonchev–Trinajstić information content (AvgIpc) is 2.74. The highest BCUT2D eigenvalue weighted by molar-refractivity contribution is 5.94. The van der Waals surface area contributed by atoms with Crippen molar-refractivity contribution in [3.05, 3.63) is 78.0 Å². The van der Waals surface area contributed by atoms with Crippen molar-refractivity contribution in [1.82, 2.24) is 14.8 Å². The van der Waals surface area contributed by atoms with Crippen LogP contribution >= 0.6 is 0 Å². The summed E-state index contributed by atoms with van der Waals surface area (Å²) in [4.78, 5) is 33.4. The number of carbonyl (C=O) groups excluding carboxylic acids is 2. The van der Waals surface area contributed by atoms with Crippen molar-refractivity contribution >= 4 is 22.7 Å². The van der Waals surface area contributed by atoms with Crippen LogP contribution in [0.3, 0.4) is 0 Å². The first-order valence-electron chi connectivity index (χ1n) is 9.17. The van der Waals surface area contributed by atoms with Crippen LogP contribution in [-0.4, -0.2) is 52.8 Å². The van der Waals surface area contributed by atoms with Crippen molar-refractivity contribution in [1.29, 1.82) is 0 Å². The second kappa shape index (κ2) is 7.58. The van der Waals surface area contributed by atoms with E-state index in [1.807, 2.05) is 70.5 Å². The standard InChI is InChI=1S/C22H21N3O2/c26-20(16-19-9-4-8-17-10-5-11-23-21(17)19)24-12-14-25(15-13-24)22(27)18-6-2-1-3-7-18/h1-11H,12-16H2. The van der Waals surface area contributed by atoms with Gasteiger partial charge in [0.15, 0.2) is 0 Å². The summed E-state index contributed by atoms with van der Waals surface area (Å²) in [6.45, 7) is 2.26. The van der Waals surface area contributed by atoms with Crippen LogP contribution in [0.1, 0.15) is 15.9 Å². The molecule has 0 unspecified atom stereocenters. The first-order valence-corrected chi connectivity index (χ1v) is 9.17. The summed E-state index contributed by atoms with van der Waals surface area (Å²) in [5.41, 5.74) is 2.52. The van der Waals surface area contributed by atoms with Gasteiger partial charge in [-0.05, 0) is 23.8 Å². The van der Waals surface area contributed by atoms with E-state index in [1.165, 1.54) is 0 Å². The molecule has 4 rings (SSSR count). The van der Waals surface area contributed by atoms with Crippen LogP contribution < -0.4 is 0 Å². The number of aromatic nitrogens is 1. The zero-order valence-electron chi connectivity index (χ0n) is 15.0. The Morgan fingerprint density at radius 2 is 1.52 bits per heavy atom. The number of amides is 2. The molecule has 1 fully saturated rings. The molecule has 0 spiro atoms. The van der Waals surface area contributed by atoms with E-state index in [1.54, 1.807) is 6.20 Å². The molecule has 0 saturated carbocycles. The molecule has 0 bridgehead atoms. The SMILES string of the molecule is O=C(Cc1cccc2cccnc12)N1CCN(C(=O)c2ccccc2)CC1. The molecule has 2 amide bonds. The Bertz CT molecular complexity index is 958. The number of hydrogen-bond acceptors (Lipinski definition) is 3. The normalized spacial score (nSPS) is 14.4. The molecule has 1 saturated heterocycles. The van der Waals surface area contributed by atoms with Crippen molar-refractivity contribution in [2.45, 2.75) is 6.42 Å². The van der Waals surface area contributed by atoms with E-state index in [0.717, 1.165) is 16.5 Å². The van der Waals surface area contributed by atoms with Crippen LogP contribution in [0.25, 0.3) is 10.9 Å². The molecule has 1 aromatic heterocycles. The number of hydrogen-bond donors (Lipinski definition) is 0. The molecule has 2 heterocycles. The lowest BCUT2D eigenvalue weighted by molar-refractivity contribution is -0.131. The third-order valence-electron chi connectivity index (χ3n) is 5.00. The number of para-hydroxylation sites is 1. The maximum Gasteiger partial charge on any atom is 0.253 e. The van der Waals surface area contributed by atoms with Crippen LogP contribution in [0.4, 0.5) is 0 Å². The average molecular weight is 359 g/mol. The highest BCUT2D eigenvalue weighted by Gasteiger charge is 2.25. The van der Waals surface area contributed by atoms with E-state index >= 15 is 0 Å². The van der Waals surface area contributed by atoms with Crippen LogP contribution in [0.5, 0.6) is 0 Å². The maximum atomic E-state index is 12.8. The number of nitrogens with zero attached hydrogens (tertiary/aromatic N) is 3. The second-order valence-electron chi connectivity index (χ2n) is 6.71. The molecule has 136 valence electrons. The van der Waals surface area contributed by atoms with E-state index in [2.05, 4.69) is 4.98 Å². The topological polar surface area (TPSA) is 53.5 Å². The summed E-state index contributed by atoms with van der Waals surface area (Å²) in [5, 5.41) is 1.04. The molecule has 0 atom stereocenters. The van der Waals surface area contributed by atoms with Gasteiger partial charge in [0.1, 0.15) is 0 Å². The van der Waals surface area contributed by atoms with Crippen LogP contribution in [0, 0.1) is 0 Å². The largest absolute Gasteiger partial charge is 0.339 e. The summed E-state index contributed by atoms with van der Waals surface area (Å²) in [6, 6.07) is 19.1. The molecule has 1 aliphatic rings. The van der Waals surface area contributed by atoms with Gasteiger partial charge in [-0.15, -0.1) is 0 Å². The van der Waals surface area contributed by atoms with E-state index in [-0.39, 0.29) is 11.8 Å². The maximum absolute atomic E-state index is 12.8. The van der Waals surface area contributed by atoms with Gasteiger partial charge in [0.25, 0.3) is 5.91 Å². The summed E-state index contributed by atoms with van der Waals surface area (Å²) in [6.07, 6.45) is 2.09. The number of rotatable bonds is 3. The Balaban J connectivity index is 1.39. The molecule has 5 nitrogen and oxygen atoms in total. The van der Waals surface area contributed by atoms with Gasteiger partial charge < -0.3 is 9.80 Å². The predicted octanol–water partition coefficient (Wildman–Crippen LogP) is 2.76. The van der Waals surface area contributed by atoms with Gasteiger partial charge in [-0.1, -0.05) is 42.5 Å². The fourth-order valence-corrected chi connectivity index (χ4v) is 3.51. The van der Waals surface area contributed by atoms with E-state index in [0.29, 0.717) is 38.2 Å². The molecule has 5 heteroatoms.